The van der Waals surface area contributed by atoms with Gasteiger partial charge in [-0.2, -0.15) is 5.10 Å². The first-order chi connectivity index (χ1) is 7.27. The minimum Gasteiger partial charge on any atom is -0.383 e. The summed E-state index contributed by atoms with van der Waals surface area (Å²) in [5, 5.41) is 14.3. The van der Waals surface area contributed by atoms with Gasteiger partial charge in [0.1, 0.15) is 5.60 Å². The van der Waals surface area contributed by atoms with Crippen molar-refractivity contribution in [2.75, 3.05) is 0 Å². The quantitative estimate of drug-likeness (QED) is 0.874. The van der Waals surface area contributed by atoms with Crippen LogP contribution in [0.2, 0.25) is 5.02 Å². The molecule has 0 radical (unpaired) electrons. The van der Waals surface area contributed by atoms with Crippen LogP contribution >= 0.6 is 11.6 Å². The van der Waals surface area contributed by atoms with E-state index in [0.29, 0.717) is 10.7 Å². The molecular weight excluding hydrogens is 228 g/mol. The predicted molar refractivity (Wildman–Crippen MR) is 62.6 cm³/mol. The van der Waals surface area contributed by atoms with Crippen LogP contribution in [-0.4, -0.2) is 26.3 Å². The third-order valence-electron chi connectivity index (χ3n) is 2.51. The number of carbonyl (C=O) groups excluding carboxylic acids is 1. The van der Waals surface area contributed by atoms with Gasteiger partial charge in [-0.25, -0.2) is 0 Å². The highest BCUT2D eigenvalue weighted by Gasteiger charge is 2.26. The third kappa shape index (κ3) is 2.62. The largest absolute Gasteiger partial charge is 0.383 e. The van der Waals surface area contributed by atoms with Crippen molar-refractivity contribution < 1.29 is 9.90 Å². The Labute approximate surface area is 100 Å². The first-order valence-electron chi connectivity index (χ1n) is 5.23. The van der Waals surface area contributed by atoms with Crippen molar-refractivity contribution >= 4 is 17.4 Å². The van der Waals surface area contributed by atoms with Crippen molar-refractivity contribution in [2.45, 2.75) is 39.2 Å². The smallest absolute Gasteiger partial charge is 0.169 e. The first kappa shape index (κ1) is 13.2. The zero-order chi connectivity index (χ0) is 12.5. The third-order valence-corrected chi connectivity index (χ3v) is 2.95. The molecule has 1 rings (SSSR count). The Hall–Kier alpha value is -0.870. The van der Waals surface area contributed by atoms with Gasteiger partial charge < -0.3 is 5.11 Å². The summed E-state index contributed by atoms with van der Waals surface area (Å²) in [6.45, 7) is 4.90. The van der Waals surface area contributed by atoms with E-state index >= 15 is 0 Å². The lowest BCUT2D eigenvalue weighted by Gasteiger charge is -2.15. The van der Waals surface area contributed by atoms with Gasteiger partial charge in [0.25, 0.3) is 0 Å². The molecule has 0 aliphatic carbocycles. The van der Waals surface area contributed by atoms with Crippen molar-refractivity contribution in [1.82, 2.24) is 9.78 Å². The van der Waals surface area contributed by atoms with Gasteiger partial charge in [-0.15, -0.1) is 0 Å². The zero-order valence-electron chi connectivity index (χ0n) is 10.0. The minimum atomic E-state index is -1.33. The molecule has 0 saturated carbocycles. The minimum absolute atomic E-state index is 0.103. The number of Topliss-reactive ketones (excluding diaryl/α,β-unsaturated/α-hetero) is 1. The molecule has 1 N–H and O–H groups in total. The van der Waals surface area contributed by atoms with E-state index in [1.54, 1.807) is 11.7 Å². The second-order valence-corrected chi connectivity index (χ2v) is 4.72. The molecule has 0 saturated heterocycles. The molecule has 0 bridgehead atoms. The number of aryl methyl sites for hydroxylation is 2. The molecule has 5 heteroatoms. The Kier molecular flexibility index (Phi) is 3.76. The lowest BCUT2D eigenvalue weighted by Crippen LogP contribution is -2.33. The van der Waals surface area contributed by atoms with Crippen molar-refractivity contribution in [3.05, 3.63) is 16.4 Å². The summed E-state index contributed by atoms with van der Waals surface area (Å²) in [5.74, 6) is -0.264. The molecule has 4 nitrogen and oxygen atoms in total. The molecule has 0 fully saturated rings. The normalized spacial score (nSPS) is 11.9. The molecule has 16 heavy (non-hydrogen) atoms. The van der Waals surface area contributed by atoms with E-state index in [2.05, 4.69) is 5.10 Å². The fourth-order valence-corrected chi connectivity index (χ4v) is 1.74. The van der Waals surface area contributed by atoms with Crippen LogP contribution in [0.25, 0.3) is 0 Å². The number of nitrogens with zero attached hydrogens (tertiary/aromatic N) is 2. The van der Waals surface area contributed by atoms with Crippen molar-refractivity contribution in [2.24, 2.45) is 7.05 Å². The van der Waals surface area contributed by atoms with Crippen LogP contribution in [0.15, 0.2) is 0 Å². The van der Waals surface area contributed by atoms with Crippen LogP contribution in [0, 0.1) is 0 Å². The molecule has 1 aromatic rings. The van der Waals surface area contributed by atoms with Crippen molar-refractivity contribution in [3.63, 3.8) is 0 Å². The molecule has 0 spiro atoms. The van der Waals surface area contributed by atoms with E-state index in [1.165, 1.54) is 13.8 Å². The van der Waals surface area contributed by atoms with Gasteiger partial charge in [0.15, 0.2) is 5.78 Å². The number of ketones is 1. The maximum absolute atomic E-state index is 11.7. The van der Waals surface area contributed by atoms with E-state index in [-0.39, 0.29) is 12.2 Å². The Morgan fingerprint density at radius 2 is 2.12 bits per heavy atom. The van der Waals surface area contributed by atoms with Crippen LogP contribution in [0.1, 0.15) is 32.2 Å². The predicted octanol–water partition coefficient (Wildman–Crippen LogP) is 1.52. The molecule has 1 heterocycles. The Morgan fingerprint density at radius 3 is 2.50 bits per heavy atom. The molecule has 0 amide bonds. The maximum Gasteiger partial charge on any atom is 0.169 e. The molecule has 0 atom stereocenters. The summed E-state index contributed by atoms with van der Waals surface area (Å²) in [6, 6.07) is 0. The summed E-state index contributed by atoms with van der Waals surface area (Å²) in [6.07, 6.45) is 0.829. The topological polar surface area (TPSA) is 55.1 Å². The number of rotatable bonds is 4. The molecule has 0 unspecified atom stereocenters. The standard InChI is InChI=1S/C11H17ClN2O2/c1-5-7-10(12)8(14(4)13-7)6-9(15)11(2,3)16/h16H,5-6H2,1-4H3. The van der Waals surface area contributed by atoms with Crippen LogP contribution in [0.4, 0.5) is 0 Å². The fraction of sp³-hybridized carbons (Fsp3) is 0.636. The SMILES string of the molecule is CCc1nn(C)c(CC(=O)C(C)(C)O)c1Cl. The number of hydrogen-bond acceptors (Lipinski definition) is 3. The lowest BCUT2D eigenvalue weighted by atomic mass is 9.99. The summed E-state index contributed by atoms with van der Waals surface area (Å²) < 4.78 is 1.60. The Balaban J connectivity index is 2.98. The van der Waals surface area contributed by atoms with Gasteiger partial charge >= 0.3 is 0 Å². The Morgan fingerprint density at radius 1 is 1.56 bits per heavy atom. The van der Waals surface area contributed by atoms with Crippen LogP contribution in [0.3, 0.4) is 0 Å². The van der Waals surface area contributed by atoms with Gasteiger partial charge in [0.05, 0.1) is 22.8 Å². The van der Waals surface area contributed by atoms with Crippen molar-refractivity contribution in [1.29, 1.82) is 0 Å². The monoisotopic (exact) mass is 244 g/mol. The highest BCUT2D eigenvalue weighted by atomic mass is 35.5. The van der Waals surface area contributed by atoms with E-state index in [9.17, 15) is 9.90 Å². The van der Waals surface area contributed by atoms with Crippen LogP contribution in [-0.2, 0) is 24.7 Å². The summed E-state index contributed by atoms with van der Waals surface area (Å²) in [7, 11) is 1.75. The molecule has 1 aromatic heterocycles. The molecular formula is C11H17ClN2O2. The zero-order valence-corrected chi connectivity index (χ0v) is 10.8. The molecule has 90 valence electrons. The number of aromatic nitrogens is 2. The number of aliphatic hydroxyl groups is 1. The average Bonchev–Trinajstić information content (AvgIpc) is 2.43. The highest BCUT2D eigenvalue weighted by Crippen LogP contribution is 2.22. The van der Waals surface area contributed by atoms with E-state index < -0.39 is 5.60 Å². The van der Waals surface area contributed by atoms with Crippen LogP contribution < -0.4 is 0 Å². The van der Waals surface area contributed by atoms with E-state index in [0.717, 1.165) is 12.1 Å². The summed E-state index contributed by atoms with van der Waals surface area (Å²) >= 11 is 6.11. The van der Waals surface area contributed by atoms with Gasteiger partial charge in [0, 0.05) is 7.05 Å². The molecule has 0 aromatic carbocycles. The van der Waals surface area contributed by atoms with Gasteiger partial charge in [-0.1, -0.05) is 18.5 Å². The summed E-state index contributed by atoms with van der Waals surface area (Å²) in [5.41, 5.74) is 0.105. The highest BCUT2D eigenvalue weighted by molar-refractivity contribution is 6.32. The second kappa shape index (κ2) is 4.55. The van der Waals surface area contributed by atoms with Gasteiger partial charge in [0.2, 0.25) is 0 Å². The van der Waals surface area contributed by atoms with Crippen LogP contribution in [0.5, 0.6) is 0 Å². The van der Waals surface area contributed by atoms with E-state index in [4.69, 9.17) is 11.6 Å². The summed E-state index contributed by atoms with van der Waals surface area (Å²) in [4.78, 5) is 11.7. The Bertz CT molecular complexity index is 405. The number of halogens is 1. The molecule has 0 aliphatic heterocycles. The first-order valence-corrected chi connectivity index (χ1v) is 5.61. The number of hydrogen-bond donors (Lipinski definition) is 1. The number of carbonyl (C=O) groups is 1. The van der Waals surface area contributed by atoms with Gasteiger partial charge in [-0.3, -0.25) is 9.48 Å². The average molecular weight is 245 g/mol. The fourth-order valence-electron chi connectivity index (χ4n) is 1.38. The second-order valence-electron chi connectivity index (χ2n) is 4.34. The van der Waals surface area contributed by atoms with Gasteiger partial charge in [-0.05, 0) is 20.3 Å². The van der Waals surface area contributed by atoms with E-state index in [1.807, 2.05) is 6.92 Å². The lowest BCUT2D eigenvalue weighted by molar-refractivity contribution is -0.133. The maximum atomic E-state index is 11.7. The van der Waals surface area contributed by atoms with Crippen molar-refractivity contribution in [3.8, 4) is 0 Å². The molecule has 0 aliphatic rings.